The molecule has 0 unspecified atom stereocenters. The van der Waals surface area contributed by atoms with Crippen LogP contribution in [0.15, 0.2) is 60.0 Å². The van der Waals surface area contributed by atoms with Gasteiger partial charge in [0, 0.05) is 35.2 Å². The van der Waals surface area contributed by atoms with Crippen LogP contribution >= 0.6 is 11.3 Å². The standard InChI is InChI=1S/C28H30FN3O4S/c1-20-14-15-37-26(20)18-30(17-21-10-12-23(29)13-11-21)27(33)19-31(24-7-3-2-4-8-24)28(34)22-6-5-9-25(16-22)32(35)36/h5-6,9-16,24H,2-4,7-8,17-19H2,1H3. The van der Waals surface area contributed by atoms with Gasteiger partial charge in [-0.15, -0.1) is 11.3 Å². The monoisotopic (exact) mass is 523 g/mol. The molecular weight excluding hydrogens is 493 g/mol. The number of nitrogens with zero attached hydrogens (tertiary/aromatic N) is 3. The minimum absolute atomic E-state index is 0.111. The second-order valence-electron chi connectivity index (χ2n) is 9.44. The number of thiophene rings is 1. The van der Waals surface area contributed by atoms with Crippen molar-refractivity contribution in [2.45, 2.75) is 58.2 Å². The molecule has 0 radical (unpaired) electrons. The van der Waals surface area contributed by atoms with Gasteiger partial charge in [-0.1, -0.05) is 37.5 Å². The summed E-state index contributed by atoms with van der Waals surface area (Å²) in [5, 5.41) is 13.3. The second-order valence-corrected chi connectivity index (χ2v) is 10.4. The average molecular weight is 524 g/mol. The molecule has 1 aromatic heterocycles. The van der Waals surface area contributed by atoms with E-state index >= 15 is 0 Å². The quantitative estimate of drug-likeness (QED) is 0.250. The van der Waals surface area contributed by atoms with Crippen LogP contribution in [0.4, 0.5) is 10.1 Å². The first kappa shape index (κ1) is 26.5. The molecule has 37 heavy (non-hydrogen) atoms. The molecule has 2 aromatic carbocycles. The van der Waals surface area contributed by atoms with Gasteiger partial charge in [-0.05, 0) is 60.5 Å². The minimum atomic E-state index is -0.527. The zero-order chi connectivity index (χ0) is 26.4. The smallest absolute Gasteiger partial charge is 0.270 e. The molecule has 7 nitrogen and oxygen atoms in total. The molecule has 0 spiro atoms. The van der Waals surface area contributed by atoms with E-state index in [4.69, 9.17) is 0 Å². The summed E-state index contributed by atoms with van der Waals surface area (Å²) in [7, 11) is 0. The van der Waals surface area contributed by atoms with Gasteiger partial charge in [0.2, 0.25) is 5.91 Å². The number of nitro benzene ring substituents is 1. The van der Waals surface area contributed by atoms with Crippen molar-refractivity contribution in [1.82, 2.24) is 9.80 Å². The van der Waals surface area contributed by atoms with Crippen LogP contribution in [0.25, 0.3) is 0 Å². The van der Waals surface area contributed by atoms with Crippen molar-refractivity contribution >= 4 is 28.8 Å². The molecule has 1 aliphatic rings. The van der Waals surface area contributed by atoms with Crippen molar-refractivity contribution in [3.63, 3.8) is 0 Å². The molecule has 0 N–H and O–H groups in total. The first-order valence-corrected chi connectivity index (χ1v) is 13.3. The summed E-state index contributed by atoms with van der Waals surface area (Å²) in [6.07, 6.45) is 4.58. The Kier molecular flexibility index (Phi) is 8.66. The number of halogens is 1. The summed E-state index contributed by atoms with van der Waals surface area (Å²) < 4.78 is 13.5. The molecule has 4 rings (SSSR count). The van der Waals surface area contributed by atoms with Crippen LogP contribution in [-0.4, -0.2) is 39.1 Å². The SMILES string of the molecule is Cc1ccsc1CN(Cc1ccc(F)cc1)C(=O)CN(C(=O)c1cccc([N+](=O)[O-])c1)C1CCCCC1. The number of hydrogen-bond acceptors (Lipinski definition) is 5. The van der Waals surface area contributed by atoms with Crippen molar-refractivity contribution < 1.29 is 18.9 Å². The van der Waals surface area contributed by atoms with E-state index in [1.807, 2.05) is 18.4 Å². The number of benzene rings is 2. The Morgan fingerprint density at radius 2 is 1.78 bits per heavy atom. The number of hydrogen-bond donors (Lipinski definition) is 0. The summed E-state index contributed by atoms with van der Waals surface area (Å²) in [6.45, 7) is 2.52. The van der Waals surface area contributed by atoms with Crippen LogP contribution in [0.2, 0.25) is 0 Å². The number of amides is 2. The topological polar surface area (TPSA) is 83.8 Å². The molecule has 0 bridgehead atoms. The lowest BCUT2D eigenvalue weighted by molar-refractivity contribution is -0.384. The third-order valence-electron chi connectivity index (χ3n) is 6.83. The van der Waals surface area contributed by atoms with E-state index in [1.165, 1.54) is 30.3 Å². The van der Waals surface area contributed by atoms with Crippen molar-refractivity contribution in [1.29, 1.82) is 0 Å². The number of nitro groups is 1. The molecule has 1 heterocycles. The largest absolute Gasteiger partial charge is 0.332 e. The van der Waals surface area contributed by atoms with E-state index in [2.05, 4.69) is 0 Å². The minimum Gasteiger partial charge on any atom is -0.332 e. The highest BCUT2D eigenvalue weighted by Crippen LogP contribution is 2.26. The normalized spacial score (nSPS) is 13.8. The average Bonchev–Trinajstić information content (AvgIpc) is 3.32. The van der Waals surface area contributed by atoms with Gasteiger partial charge in [0.05, 0.1) is 11.5 Å². The van der Waals surface area contributed by atoms with Crippen LogP contribution in [0, 0.1) is 22.9 Å². The number of carbonyl (C=O) groups excluding carboxylic acids is 2. The summed E-state index contributed by atoms with van der Waals surface area (Å²) in [5.74, 6) is -0.943. The second kappa shape index (κ2) is 12.1. The summed E-state index contributed by atoms with van der Waals surface area (Å²) in [6, 6.07) is 13.6. The predicted molar refractivity (Wildman–Crippen MR) is 141 cm³/mol. The lowest BCUT2D eigenvalue weighted by Crippen LogP contribution is -2.48. The van der Waals surface area contributed by atoms with Crippen LogP contribution in [-0.2, 0) is 17.9 Å². The number of aryl methyl sites for hydroxylation is 1. The zero-order valence-electron chi connectivity index (χ0n) is 20.8. The summed E-state index contributed by atoms with van der Waals surface area (Å²) >= 11 is 1.56. The molecule has 1 aliphatic carbocycles. The lowest BCUT2D eigenvalue weighted by Gasteiger charge is -2.35. The highest BCUT2D eigenvalue weighted by atomic mass is 32.1. The van der Waals surface area contributed by atoms with Crippen molar-refractivity contribution in [2.75, 3.05) is 6.54 Å². The highest BCUT2D eigenvalue weighted by molar-refractivity contribution is 7.10. The Balaban J connectivity index is 1.61. The predicted octanol–water partition coefficient (Wildman–Crippen LogP) is 6.11. The van der Waals surface area contributed by atoms with Crippen LogP contribution in [0.5, 0.6) is 0 Å². The molecule has 1 fully saturated rings. The van der Waals surface area contributed by atoms with E-state index in [9.17, 15) is 24.1 Å². The number of rotatable bonds is 9. The van der Waals surface area contributed by atoms with Gasteiger partial charge >= 0.3 is 0 Å². The van der Waals surface area contributed by atoms with Crippen LogP contribution in [0.1, 0.15) is 58.5 Å². The third-order valence-corrected chi connectivity index (χ3v) is 7.84. The molecular formula is C28H30FN3O4S. The fourth-order valence-electron chi connectivity index (χ4n) is 4.71. The fourth-order valence-corrected chi connectivity index (χ4v) is 5.63. The van der Waals surface area contributed by atoms with E-state index < -0.39 is 4.92 Å². The molecule has 0 atom stereocenters. The van der Waals surface area contributed by atoms with Crippen molar-refractivity contribution in [3.8, 4) is 0 Å². The first-order valence-electron chi connectivity index (χ1n) is 12.4. The van der Waals surface area contributed by atoms with E-state index in [1.54, 1.807) is 39.3 Å². The van der Waals surface area contributed by atoms with E-state index in [0.717, 1.165) is 48.1 Å². The van der Waals surface area contributed by atoms with Gasteiger partial charge in [0.15, 0.2) is 0 Å². The Bertz CT molecular complexity index is 1250. The maximum Gasteiger partial charge on any atom is 0.270 e. The third kappa shape index (κ3) is 6.80. The summed E-state index contributed by atoms with van der Waals surface area (Å²) in [5.41, 5.74) is 1.91. The van der Waals surface area contributed by atoms with E-state index in [0.29, 0.717) is 6.54 Å². The molecule has 2 amide bonds. The van der Waals surface area contributed by atoms with Gasteiger partial charge in [0.25, 0.3) is 11.6 Å². The van der Waals surface area contributed by atoms with Gasteiger partial charge in [-0.3, -0.25) is 19.7 Å². The van der Waals surface area contributed by atoms with Gasteiger partial charge in [-0.2, -0.15) is 0 Å². The fraction of sp³-hybridized carbons (Fsp3) is 0.357. The first-order chi connectivity index (χ1) is 17.8. The Morgan fingerprint density at radius 1 is 1.05 bits per heavy atom. The van der Waals surface area contributed by atoms with Crippen LogP contribution < -0.4 is 0 Å². The number of carbonyl (C=O) groups is 2. The molecule has 0 saturated heterocycles. The van der Waals surface area contributed by atoms with Gasteiger partial charge < -0.3 is 9.80 Å². The molecule has 9 heteroatoms. The zero-order valence-corrected chi connectivity index (χ0v) is 21.6. The van der Waals surface area contributed by atoms with Crippen LogP contribution in [0.3, 0.4) is 0 Å². The molecule has 194 valence electrons. The van der Waals surface area contributed by atoms with Crippen molar-refractivity contribution in [3.05, 3.63) is 97.5 Å². The van der Waals surface area contributed by atoms with Gasteiger partial charge in [0.1, 0.15) is 12.4 Å². The molecule has 0 aliphatic heterocycles. The Morgan fingerprint density at radius 3 is 2.43 bits per heavy atom. The highest BCUT2D eigenvalue weighted by Gasteiger charge is 2.30. The molecule has 3 aromatic rings. The summed E-state index contributed by atoms with van der Waals surface area (Å²) in [4.78, 5) is 42.5. The number of non-ortho nitro benzene ring substituents is 1. The molecule has 1 saturated carbocycles. The van der Waals surface area contributed by atoms with E-state index in [-0.39, 0.29) is 48.0 Å². The van der Waals surface area contributed by atoms with Crippen molar-refractivity contribution in [2.24, 2.45) is 0 Å². The Labute approximate surface area is 219 Å². The van der Waals surface area contributed by atoms with Gasteiger partial charge in [-0.25, -0.2) is 4.39 Å². The maximum absolute atomic E-state index is 13.8. The lowest BCUT2D eigenvalue weighted by atomic mass is 9.93. The Hall–Kier alpha value is -3.59. The maximum atomic E-state index is 13.8.